The van der Waals surface area contributed by atoms with Gasteiger partial charge in [-0.2, -0.15) is 0 Å². The molecule has 0 aliphatic rings. The highest BCUT2D eigenvalue weighted by molar-refractivity contribution is 6.12. The van der Waals surface area contributed by atoms with Gasteiger partial charge in [-0.25, -0.2) is 14.4 Å². The Kier molecular flexibility index (Phi) is 8.00. The number of aromatic nitrogens is 4. The molecule has 286 valence electrons. The van der Waals surface area contributed by atoms with E-state index in [2.05, 4.69) is 173 Å². The van der Waals surface area contributed by atoms with E-state index in [0.717, 1.165) is 83.1 Å². The highest BCUT2D eigenvalue weighted by Crippen LogP contribution is 2.39. The summed E-state index contributed by atoms with van der Waals surface area (Å²) >= 11 is 0. The first-order valence-electron chi connectivity index (χ1n) is 20.5. The Morgan fingerprint density at radius 3 is 1.64 bits per heavy atom. The Hall–Kier alpha value is -8.15. The van der Waals surface area contributed by atoms with E-state index in [-0.39, 0.29) is 5.82 Å². The first-order valence-corrected chi connectivity index (χ1v) is 20.5. The summed E-state index contributed by atoms with van der Waals surface area (Å²) in [7, 11) is 0. The highest BCUT2D eigenvalue weighted by Gasteiger charge is 2.18. The Balaban J connectivity index is 0.937. The summed E-state index contributed by atoms with van der Waals surface area (Å²) < 4.78 is 19.1. The van der Waals surface area contributed by atoms with Crippen LogP contribution in [0.3, 0.4) is 0 Å². The first kappa shape index (κ1) is 34.9. The fourth-order valence-electron chi connectivity index (χ4n) is 9.11. The number of fused-ring (bicyclic) bond motifs is 7. The van der Waals surface area contributed by atoms with Gasteiger partial charge in [-0.1, -0.05) is 133 Å². The minimum absolute atomic E-state index is 0.256. The molecule has 0 unspecified atom stereocenters. The van der Waals surface area contributed by atoms with Crippen molar-refractivity contribution in [3.63, 3.8) is 0 Å². The molecule has 61 heavy (non-hydrogen) atoms. The highest BCUT2D eigenvalue weighted by atomic mass is 19.1. The lowest BCUT2D eigenvalue weighted by Gasteiger charge is -2.12. The molecule has 5 heteroatoms. The van der Waals surface area contributed by atoms with Crippen molar-refractivity contribution in [2.75, 3.05) is 0 Å². The third-order valence-corrected chi connectivity index (χ3v) is 12.0. The van der Waals surface area contributed by atoms with E-state index in [0.29, 0.717) is 5.82 Å². The molecule has 0 spiro atoms. The molecule has 4 nitrogen and oxygen atoms in total. The third kappa shape index (κ3) is 5.82. The summed E-state index contributed by atoms with van der Waals surface area (Å²) in [5.41, 5.74) is 14.6. The molecule has 12 aromatic rings. The van der Waals surface area contributed by atoms with Crippen LogP contribution in [0.15, 0.2) is 212 Å². The third-order valence-electron chi connectivity index (χ3n) is 12.0. The average molecular weight is 783 g/mol. The van der Waals surface area contributed by atoms with Gasteiger partial charge in [0.05, 0.1) is 33.3 Å². The smallest absolute Gasteiger partial charge is 0.160 e. The van der Waals surface area contributed by atoms with Crippen LogP contribution in [0.4, 0.5) is 4.39 Å². The molecule has 0 aliphatic heterocycles. The van der Waals surface area contributed by atoms with E-state index in [9.17, 15) is 4.39 Å². The SMILES string of the molecule is Fc1cccc(-n2c3ccccc3c3ccc(-c4ccc5c(c4)c4ccccc4n5-c4ccc(-c5nc(-c6ccc(-c7ccccc7)cc6)c6ccccc6n5)cc4)cc32)c1. The van der Waals surface area contributed by atoms with Gasteiger partial charge in [0.2, 0.25) is 0 Å². The number of benzene rings is 9. The molecule has 12 rings (SSSR count). The molecule has 0 amide bonds. The fourth-order valence-corrected chi connectivity index (χ4v) is 9.11. The lowest BCUT2D eigenvalue weighted by Crippen LogP contribution is -1.97. The summed E-state index contributed by atoms with van der Waals surface area (Å²) in [5.74, 6) is 0.431. The van der Waals surface area contributed by atoms with Crippen LogP contribution in [0, 0.1) is 5.82 Å². The van der Waals surface area contributed by atoms with Crippen LogP contribution in [0.2, 0.25) is 0 Å². The summed E-state index contributed by atoms with van der Waals surface area (Å²) in [5, 5.41) is 5.64. The molecule has 3 heterocycles. The van der Waals surface area contributed by atoms with Gasteiger partial charge in [-0.15, -0.1) is 0 Å². The van der Waals surface area contributed by atoms with E-state index in [4.69, 9.17) is 9.97 Å². The lowest BCUT2D eigenvalue weighted by molar-refractivity contribution is 0.627. The Labute approximate surface area is 351 Å². The van der Waals surface area contributed by atoms with Gasteiger partial charge >= 0.3 is 0 Å². The number of nitrogens with zero attached hydrogens (tertiary/aromatic N) is 4. The van der Waals surface area contributed by atoms with Crippen molar-refractivity contribution in [1.29, 1.82) is 0 Å². The molecular formula is C56H35FN4. The topological polar surface area (TPSA) is 35.6 Å². The van der Waals surface area contributed by atoms with E-state index in [1.807, 2.05) is 30.3 Å². The van der Waals surface area contributed by atoms with Gasteiger partial charge in [0, 0.05) is 49.4 Å². The second-order valence-electron chi connectivity index (χ2n) is 15.6. The number of halogens is 1. The number of para-hydroxylation sites is 3. The lowest BCUT2D eigenvalue weighted by atomic mass is 10.0. The number of rotatable bonds is 6. The van der Waals surface area contributed by atoms with Crippen molar-refractivity contribution in [3.05, 3.63) is 218 Å². The molecule has 0 atom stereocenters. The standard InChI is InChI=1S/C56H35FN4/c57-42-13-10-14-44(35-42)61-51-19-8-5-15-45(51)47-31-27-41(34-54(47)61)40-28-32-53-49(33-40)46-16-6-9-20-52(46)60(53)43-29-25-39(26-30-43)56-58-50-18-7-4-17-48(50)55(59-56)38-23-21-37(22-24-38)36-11-2-1-3-12-36/h1-35H. The maximum atomic E-state index is 14.6. The van der Waals surface area contributed by atoms with Crippen LogP contribution >= 0.6 is 0 Å². The van der Waals surface area contributed by atoms with Crippen molar-refractivity contribution in [1.82, 2.24) is 19.1 Å². The van der Waals surface area contributed by atoms with Gasteiger partial charge in [0.25, 0.3) is 0 Å². The Bertz CT molecular complexity index is 3640. The minimum atomic E-state index is -0.256. The Morgan fingerprint density at radius 1 is 0.311 bits per heavy atom. The molecule has 0 radical (unpaired) electrons. The molecule has 3 aromatic heterocycles. The molecule has 0 bridgehead atoms. The zero-order valence-corrected chi connectivity index (χ0v) is 32.9. The summed E-state index contributed by atoms with van der Waals surface area (Å²) in [6.45, 7) is 0. The van der Waals surface area contributed by atoms with Gasteiger partial charge in [0.15, 0.2) is 5.82 Å². The molecule has 0 saturated heterocycles. The molecule has 0 fully saturated rings. The normalized spacial score (nSPS) is 11.7. The molecular weight excluding hydrogens is 748 g/mol. The first-order chi connectivity index (χ1) is 30.1. The van der Waals surface area contributed by atoms with Gasteiger partial charge < -0.3 is 9.13 Å². The van der Waals surface area contributed by atoms with E-state index in [1.165, 1.54) is 28.0 Å². The fraction of sp³-hybridized carbons (Fsp3) is 0. The minimum Gasteiger partial charge on any atom is -0.309 e. The molecule has 0 aliphatic carbocycles. The van der Waals surface area contributed by atoms with Crippen LogP contribution in [0.25, 0.3) is 111 Å². The summed E-state index contributed by atoms with van der Waals surface area (Å²) in [4.78, 5) is 10.2. The number of hydrogen-bond donors (Lipinski definition) is 0. The second-order valence-corrected chi connectivity index (χ2v) is 15.6. The largest absolute Gasteiger partial charge is 0.309 e. The van der Waals surface area contributed by atoms with Crippen LogP contribution in [0.5, 0.6) is 0 Å². The van der Waals surface area contributed by atoms with Crippen molar-refractivity contribution < 1.29 is 4.39 Å². The van der Waals surface area contributed by atoms with Gasteiger partial charge in [0.1, 0.15) is 5.82 Å². The van der Waals surface area contributed by atoms with Crippen LogP contribution in [-0.4, -0.2) is 19.1 Å². The van der Waals surface area contributed by atoms with Crippen LogP contribution < -0.4 is 0 Å². The quantitative estimate of drug-likeness (QED) is 0.168. The van der Waals surface area contributed by atoms with E-state index in [1.54, 1.807) is 12.1 Å². The van der Waals surface area contributed by atoms with Crippen molar-refractivity contribution in [3.8, 4) is 56.3 Å². The monoisotopic (exact) mass is 782 g/mol. The van der Waals surface area contributed by atoms with Crippen LogP contribution in [0.1, 0.15) is 0 Å². The summed E-state index contributed by atoms with van der Waals surface area (Å²) in [6.07, 6.45) is 0. The predicted molar refractivity (Wildman–Crippen MR) is 250 cm³/mol. The maximum Gasteiger partial charge on any atom is 0.160 e. The average Bonchev–Trinajstić information content (AvgIpc) is 3.84. The van der Waals surface area contributed by atoms with Gasteiger partial charge in [-0.05, 0) is 101 Å². The predicted octanol–water partition coefficient (Wildman–Crippen LogP) is 14.6. The maximum absolute atomic E-state index is 14.6. The zero-order chi connectivity index (χ0) is 40.4. The van der Waals surface area contributed by atoms with Crippen molar-refractivity contribution in [2.45, 2.75) is 0 Å². The molecule has 9 aromatic carbocycles. The zero-order valence-electron chi connectivity index (χ0n) is 32.9. The molecule has 0 saturated carbocycles. The molecule has 0 N–H and O–H groups in total. The second kappa shape index (κ2) is 14.0. The van der Waals surface area contributed by atoms with E-state index < -0.39 is 0 Å². The Morgan fingerprint density at radius 2 is 0.869 bits per heavy atom. The van der Waals surface area contributed by atoms with Crippen molar-refractivity contribution >= 4 is 54.5 Å². The van der Waals surface area contributed by atoms with Crippen molar-refractivity contribution in [2.24, 2.45) is 0 Å². The van der Waals surface area contributed by atoms with Gasteiger partial charge in [-0.3, -0.25) is 0 Å². The summed E-state index contributed by atoms with van der Waals surface area (Å²) in [6, 6.07) is 73.0. The van der Waals surface area contributed by atoms with E-state index >= 15 is 0 Å². The number of hydrogen-bond acceptors (Lipinski definition) is 2. The van der Waals surface area contributed by atoms with Crippen LogP contribution in [-0.2, 0) is 0 Å².